The summed E-state index contributed by atoms with van der Waals surface area (Å²) in [6.45, 7) is 14.6. The highest BCUT2D eigenvalue weighted by atomic mass is 16.2. The Kier molecular flexibility index (Phi) is 7.99. The summed E-state index contributed by atoms with van der Waals surface area (Å²) in [4.78, 5) is 27.7. The highest BCUT2D eigenvalue weighted by Crippen LogP contribution is 2.27. The van der Waals surface area contributed by atoms with E-state index in [1.54, 1.807) is 9.58 Å². The number of rotatable bonds is 7. The van der Waals surface area contributed by atoms with Crippen LogP contribution in [0.15, 0.2) is 48.5 Å². The summed E-state index contributed by atoms with van der Waals surface area (Å²) in [5.74, 6) is 0.307. The van der Waals surface area contributed by atoms with E-state index >= 15 is 0 Å². The first kappa shape index (κ1) is 26.0. The van der Waals surface area contributed by atoms with Gasteiger partial charge in [0.1, 0.15) is 12.4 Å². The number of hydrogen-bond acceptors (Lipinski definition) is 3. The SMILES string of the molecule is CCCN(CC(=O)Nc1cc(C(C)(C)C)nn1-c1cccc(C)c1)C(=O)Nc1c(C)cccc1C. The summed E-state index contributed by atoms with van der Waals surface area (Å²) in [5, 5.41) is 10.8. The van der Waals surface area contributed by atoms with E-state index < -0.39 is 0 Å². The van der Waals surface area contributed by atoms with Gasteiger partial charge in [-0.15, -0.1) is 0 Å². The minimum absolute atomic E-state index is 0.0611. The lowest BCUT2D eigenvalue weighted by Crippen LogP contribution is -2.41. The quantitative estimate of drug-likeness (QED) is 0.441. The number of aryl methyl sites for hydroxylation is 3. The van der Waals surface area contributed by atoms with E-state index in [1.165, 1.54) is 0 Å². The molecular weight excluding hydrogens is 438 g/mol. The van der Waals surface area contributed by atoms with Crippen molar-refractivity contribution in [3.05, 3.63) is 70.9 Å². The normalized spacial score (nSPS) is 11.3. The summed E-state index contributed by atoms with van der Waals surface area (Å²) < 4.78 is 1.76. The van der Waals surface area contributed by atoms with Crippen LogP contribution in [0.1, 0.15) is 56.5 Å². The van der Waals surface area contributed by atoms with Crippen molar-refractivity contribution in [3.63, 3.8) is 0 Å². The molecule has 0 aliphatic carbocycles. The molecule has 35 heavy (non-hydrogen) atoms. The van der Waals surface area contributed by atoms with Gasteiger partial charge >= 0.3 is 6.03 Å². The van der Waals surface area contributed by atoms with E-state index in [0.717, 1.165) is 40.2 Å². The third-order valence-corrected chi connectivity index (χ3v) is 5.82. The number of nitrogens with one attached hydrogen (secondary N) is 2. The van der Waals surface area contributed by atoms with Crippen molar-refractivity contribution in [1.82, 2.24) is 14.7 Å². The molecule has 3 aromatic rings. The van der Waals surface area contributed by atoms with Crippen LogP contribution in [0.2, 0.25) is 0 Å². The minimum atomic E-state index is -0.290. The number of para-hydroxylation sites is 1. The molecule has 0 aliphatic rings. The number of carbonyl (C=O) groups is 2. The van der Waals surface area contributed by atoms with Crippen LogP contribution in [-0.4, -0.2) is 39.7 Å². The lowest BCUT2D eigenvalue weighted by Gasteiger charge is -2.23. The topological polar surface area (TPSA) is 79.3 Å². The highest BCUT2D eigenvalue weighted by Gasteiger charge is 2.23. The van der Waals surface area contributed by atoms with Gasteiger partial charge in [0.25, 0.3) is 0 Å². The number of amides is 3. The highest BCUT2D eigenvalue weighted by molar-refractivity contribution is 5.97. The number of anilines is 2. The van der Waals surface area contributed by atoms with Crippen molar-refractivity contribution in [2.24, 2.45) is 0 Å². The summed E-state index contributed by atoms with van der Waals surface area (Å²) in [5.41, 5.74) is 5.40. The molecular formula is C28H37N5O2. The van der Waals surface area contributed by atoms with Crippen LogP contribution >= 0.6 is 0 Å². The Balaban J connectivity index is 1.82. The maximum atomic E-state index is 13.1. The Morgan fingerprint density at radius 1 is 0.971 bits per heavy atom. The number of benzene rings is 2. The Labute approximate surface area is 208 Å². The van der Waals surface area contributed by atoms with Gasteiger partial charge in [0, 0.05) is 23.7 Å². The lowest BCUT2D eigenvalue weighted by molar-refractivity contribution is -0.116. The van der Waals surface area contributed by atoms with Crippen molar-refractivity contribution < 1.29 is 9.59 Å². The first-order valence-electron chi connectivity index (χ1n) is 12.1. The van der Waals surface area contributed by atoms with Crippen molar-refractivity contribution in [3.8, 4) is 5.69 Å². The maximum absolute atomic E-state index is 13.1. The first-order valence-corrected chi connectivity index (χ1v) is 12.1. The molecule has 1 aromatic heterocycles. The summed E-state index contributed by atoms with van der Waals surface area (Å²) in [6.07, 6.45) is 0.739. The number of aromatic nitrogens is 2. The summed E-state index contributed by atoms with van der Waals surface area (Å²) >= 11 is 0. The largest absolute Gasteiger partial charge is 0.322 e. The van der Waals surface area contributed by atoms with E-state index in [4.69, 9.17) is 5.10 Å². The molecule has 0 aliphatic heterocycles. The van der Waals surface area contributed by atoms with Gasteiger partial charge in [-0.05, 0) is 56.0 Å². The van der Waals surface area contributed by atoms with E-state index in [1.807, 2.05) is 76.2 Å². The van der Waals surface area contributed by atoms with Gasteiger partial charge < -0.3 is 15.5 Å². The van der Waals surface area contributed by atoms with Gasteiger partial charge in [0.15, 0.2) is 0 Å². The molecule has 0 saturated carbocycles. The molecule has 3 amide bonds. The molecule has 3 rings (SSSR count). The fraction of sp³-hybridized carbons (Fsp3) is 0.393. The molecule has 0 radical (unpaired) electrons. The number of urea groups is 1. The second-order valence-electron chi connectivity index (χ2n) is 10.1. The number of hydrogen-bond donors (Lipinski definition) is 2. The van der Waals surface area contributed by atoms with Crippen LogP contribution in [0.25, 0.3) is 5.69 Å². The monoisotopic (exact) mass is 475 g/mol. The Hall–Kier alpha value is -3.61. The standard InChI is InChI=1S/C28H37N5O2/c1-8-15-32(27(35)30-26-20(3)12-10-13-21(26)4)18-25(34)29-24-17-23(28(5,6)7)31-33(24)22-14-9-11-19(2)16-22/h9-14,16-17H,8,15,18H2,1-7H3,(H,29,34)(H,30,35). The van der Waals surface area contributed by atoms with Crippen molar-refractivity contribution in [2.75, 3.05) is 23.7 Å². The third-order valence-electron chi connectivity index (χ3n) is 5.82. The predicted molar refractivity (Wildman–Crippen MR) is 142 cm³/mol. The average molecular weight is 476 g/mol. The van der Waals surface area contributed by atoms with Gasteiger partial charge in [-0.2, -0.15) is 5.10 Å². The van der Waals surface area contributed by atoms with E-state index in [9.17, 15) is 9.59 Å². The Morgan fingerprint density at radius 2 is 1.63 bits per heavy atom. The Morgan fingerprint density at radius 3 is 2.23 bits per heavy atom. The first-order chi connectivity index (χ1) is 16.5. The molecule has 1 heterocycles. The van der Waals surface area contributed by atoms with Crippen molar-refractivity contribution in [2.45, 2.75) is 60.3 Å². The molecule has 2 aromatic carbocycles. The van der Waals surface area contributed by atoms with Crippen LogP contribution in [0.5, 0.6) is 0 Å². The zero-order valence-electron chi connectivity index (χ0n) is 21.9. The van der Waals surface area contributed by atoms with Gasteiger partial charge in [0.2, 0.25) is 5.91 Å². The second kappa shape index (κ2) is 10.8. The molecule has 0 unspecified atom stereocenters. The molecule has 0 atom stereocenters. The van der Waals surface area contributed by atoms with Gasteiger partial charge in [0.05, 0.1) is 11.4 Å². The number of nitrogens with zero attached hydrogens (tertiary/aromatic N) is 3. The zero-order chi connectivity index (χ0) is 25.8. The summed E-state index contributed by atoms with van der Waals surface area (Å²) in [7, 11) is 0. The fourth-order valence-electron chi connectivity index (χ4n) is 3.87. The Bertz CT molecular complexity index is 1190. The number of carbonyl (C=O) groups excluding carboxylic acids is 2. The van der Waals surface area contributed by atoms with Crippen LogP contribution in [0.4, 0.5) is 16.3 Å². The fourth-order valence-corrected chi connectivity index (χ4v) is 3.87. The average Bonchev–Trinajstić information content (AvgIpc) is 3.20. The lowest BCUT2D eigenvalue weighted by atomic mass is 9.92. The van der Waals surface area contributed by atoms with Crippen LogP contribution in [0.3, 0.4) is 0 Å². The summed E-state index contributed by atoms with van der Waals surface area (Å²) in [6, 6.07) is 15.5. The molecule has 0 spiro atoms. The molecule has 7 nitrogen and oxygen atoms in total. The van der Waals surface area contributed by atoms with Crippen LogP contribution in [0, 0.1) is 20.8 Å². The molecule has 186 valence electrons. The maximum Gasteiger partial charge on any atom is 0.322 e. The van der Waals surface area contributed by atoms with Gasteiger partial charge in [-0.25, -0.2) is 9.48 Å². The zero-order valence-corrected chi connectivity index (χ0v) is 21.9. The van der Waals surface area contributed by atoms with Crippen molar-refractivity contribution in [1.29, 1.82) is 0 Å². The molecule has 0 fully saturated rings. The van der Waals surface area contributed by atoms with Gasteiger partial charge in [-0.1, -0.05) is 58.0 Å². The molecule has 7 heteroatoms. The van der Waals surface area contributed by atoms with E-state index in [0.29, 0.717) is 12.4 Å². The molecule has 2 N–H and O–H groups in total. The van der Waals surface area contributed by atoms with Crippen LogP contribution < -0.4 is 10.6 Å². The smallest absolute Gasteiger partial charge is 0.315 e. The molecule has 0 bridgehead atoms. The molecule has 0 saturated heterocycles. The predicted octanol–water partition coefficient (Wildman–Crippen LogP) is 5.98. The van der Waals surface area contributed by atoms with E-state index in [2.05, 4.69) is 31.4 Å². The second-order valence-corrected chi connectivity index (χ2v) is 10.1. The minimum Gasteiger partial charge on any atom is -0.315 e. The van der Waals surface area contributed by atoms with E-state index in [-0.39, 0.29) is 23.9 Å². The van der Waals surface area contributed by atoms with Crippen molar-refractivity contribution >= 4 is 23.4 Å². The van der Waals surface area contributed by atoms with Crippen LogP contribution in [-0.2, 0) is 10.2 Å². The third kappa shape index (κ3) is 6.50. The van der Waals surface area contributed by atoms with Gasteiger partial charge in [-0.3, -0.25) is 4.79 Å².